The molecule has 0 radical (unpaired) electrons. The van der Waals surface area contributed by atoms with Gasteiger partial charge in [-0.25, -0.2) is 0 Å². The van der Waals surface area contributed by atoms with Gasteiger partial charge in [-0.1, -0.05) is 50.1 Å². The van der Waals surface area contributed by atoms with E-state index in [2.05, 4.69) is 48.2 Å². The first-order chi connectivity index (χ1) is 10.8. The summed E-state index contributed by atoms with van der Waals surface area (Å²) < 4.78 is 9.67. The van der Waals surface area contributed by atoms with Crippen LogP contribution < -0.4 is 4.90 Å². The second kappa shape index (κ2) is 12.2. The molecule has 0 amide bonds. The number of rotatable bonds is 8. The van der Waals surface area contributed by atoms with Gasteiger partial charge in [0, 0.05) is 32.5 Å². The molecule has 0 saturated carbocycles. The number of hydrogen-bond acceptors (Lipinski definition) is 3. The lowest BCUT2D eigenvalue weighted by Gasteiger charge is -2.28. The second-order valence-corrected chi connectivity index (χ2v) is 5.30. The van der Waals surface area contributed by atoms with E-state index < -0.39 is 0 Å². The predicted octanol–water partition coefficient (Wildman–Crippen LogP) is 4.38. The van der Waals surface area contributed by atoms with Crippen molar-refractivity contribution >= 4 is 11.8 Å². The van der Waals surface area contributed by atoms with Crippen molar-refractivity contribution in [3.05, 3.63) is 35.9 Å². The third kappa shape index (κ3) is 7.10. The SMILES string of the molecule is CCCCCN1CC=Cc2ccccc21.CCOCCOC. The van der Waals surface area contributed by atoms with Crippen LogP contribution in [0.5, 0.6) is 0 Å². The van der Waals surface area contributed by atoms with E-state index >= 15 is 0 Å². The molecule has 1 aliphatic heterocycles. The van der Waals surface area contributed by atoms with Crippen molar-refractivity contribution < 1.29 is 9.47 Å². The quantitative estimate of drug-likeness (QED) is 0.665. The molecule has 0 aromatic heterocycles. The maximum absolute atomic E-state index is 4.95. The average Bonchev–Trinajstić information content (AvgIpc) is 2.56. The van der Waals surface area contributed by atoms with Crippen molar-refractivity contribution in [2.45, 2.75) is 33.1 Å². The van der Waals surface area contributed by atoms with Gasteiger partial charge in [-0.05, 0) is 25.0 Å². The molecule has 1 heterocycles. The smallest absolute Gasteiger partial charge is 0.0700 e. The fourth-order valence-corrected chi connectivity index (χ4v) is 2.37. The Morgan fingerprint density at radius 2 is 1.91 bits per heavy atom. The van der Waals surface area contributed by atoms with E-state index in [1.165, 1.54) is 37.1 Å². The van der Waals surface area contributed by atoms with E-state index in [0.29, 0.717) is 13.2 Å². The lowest BCUT2D eigenvalue weighted by atomic mass is 10.1. The highest BCUT2D eigenvalue weighted by molar-refractivity contribution is 5.71. The first-order valence-electron chi connectivity index (χ1n) is 8.40. The van der Waals surface area contributed by atoms with Crippen molar-refractivity contribution in [3.8, 4) is 0 Å². The molecule has 22 heavy (non-hydrogen) atoms. The number of ether oxygens (including phenoxy) is 2. The van der Waals surface area contributed by atoms with Gasteiger partial charge in [0.1, 0.15) is 0 Å². The van der Waals surface area contributed by atoms with E-state index in [4.69, 9.17) is 9.47 Å². The van der Waals surface area contributed by atoms with Gasteiger partial charge in [0.05, 0.1) is 13.2 Å². The van der Waals surface area contributed by atoms with Crippen LogP contribution in [-0.4, -0.2) is 40.0 Å². The Balaban J connectivity index is 0.000000295. The van der Waals surface area contributed by atoms with Crippen LogP contribution in [0.4, 0.5) is 5.69 Å². The third-order valence-electron chi connectivity index (χ3n) is 3.57. The lowest BCUT2D eigenvalue weighted by molar-refractivity contribution is 0.0777. The molecule has 2 rings (SSSR count). The fraction of sp³-hybridized carbons (Fsp3) is 0.579. The summed E-state index contributed by atoms with van der Waals surface area (Å²) >= 11 is 0. The van der Waals surface area contributed by atoms with Gasteiger partial charge in [0.25, 0.3) is 0 Å². The molecule has 0 spiro atoms. The molecule has 0 unspecified atom stereocenters. The number of nitrogens with zero attached hydrogens (tertiary/aromatic N) is 1. The van der Waals surface area contributed by atoms with Crippen molar-refractivity contribution in [2.75, 3.05) is 44.9 Å². The molecule has 3 nitrogen and oxygen atoms in total. The van der Waals surface area contributed by atoms with E-state index in [-0.39, 0.29) is 0 Å². The number of para-hydroxylation sites is 1. The summed E-state index contributed by atoms with van der Waals surface area (Å²) in [5.41, 5.74) is 2.76. The summed E-state index contributed by atoms with van der Waals surface area (Å²) in [5, 5.41) is 0. The minimum absolute atomic E-state index is 0.702. The zero-order valence-corrected chi connectivity index (χ0v) is 14.4. The van der Waals surface area contributed by atoms with Crippen LogP contribution in [0.15, 0.2) is 30.3 Å². The first kappa shape index (κ1) is 18.7. The minimum Gasteiger partial charge on any atom is -0.382 e. The molecule has 0 saturated heterocycles. The predicted molar refractivity (Wildman–Crippen MR) is 95.6 cm³/mol. The van der Waals surface area contributed by atoms with E-state index in [9.17, 15) is 0 Å². The largest absolute Gasteiger partial charge is 0.382 e. The van der Waals surface area contributed by atoms with Gasteiger partial charge < -0.3 is 14.4 Å². The van der Waals surface area contributed by atoms with Crippen molar-refractivity contribution in [2.24, 2.45) is 0 Å². The summed E-state index contributed by atoms with van der Waals surface area (Å²) in [4.78, 5) is 2.48. The Kier molecular flexibility index (Phi) is 10.4. The van der Waals surface area contributed by atoms with Crippen LogP contribution in [0.2, 0.25) is 0 Å². The third-order valence-corrected chi connectivity index (χ3v) is 3.57. The molecule has 1 aliphatic rings. The van der Waals surface area contributed by atoms with E-state index in [0.717, 1.165) is 13.2 Å². The summed E-state index contributed by atoms with van der Waals surface area (Å²) in [6, 6.07) is 8.66. The molecule has 1 aromatic rings. The highest BCUT2D eigenvalue weighted by Gasteiger charge is 2.10. The van der Waals surface area contributed by atoms with E-state index in [1.54, 1.807) is 7.11 Å². The van der Waals surface area contributed by atoms with Gasteiger partial charge >= 0.3 is 0 Å². The molecule has 1 aromatic carbocycles. The van der Waals surface area contributed by atoms with Crippen molar-refractivity contribution in [1.82, 2.24) is 0 Å². The molecule has 0 aliphatic carbocycles. The highest BCUT2D eigenvalue weighted by atomic mass is 16.5. The Morgan fingerprint density at radius 1 is 1.09 bits per heavy atom. The summed E-state index contributed by atoms with van der Waals surface area (Å²) in [6.45, 7) is 8.68. The van der Waals surface area contributed by atoms with Crippen LogP contribution in [0.3, 0.4) is 0 Å². The van der Waals surface area contributed by atoms with Gasteiger partial charge in [-0.15, -0.1) is 0 Å². The fourth-order valence-electron chi connectivity index (χ4n) is 2.37. The normalized spacial score (nSPS) is 12.6. The number of unbranched alkanes of at least 4 members (excludes halogenated alkanes) is 2. The Labute approximate surface area is 135 Å². The van der Waals surface area contributed by atoms with Gasteiger partial charge in [-0.2, -0.15) is 0 Å². The number of anilines is 1. The first-order valence-corrected chi connectivity index (χ1v) is 8.40. The number of fused-ring (bicyclic) bond motifs is 1. The molecule has 0 bridgehead atoms. The summed E-state index contributed by atoms with van der Waals surface area (Å²) in [7, 11) is 1.67. The summed E-state index contributed by atoms with van der Waals surface area (Å²) in [5.74, 6) is 0. The second-order valence-electron chi connectivity index (χ2n) is 5.30. The van der Waals surface area contributed by atoms with Crippen LogP contribution in [0.25, 0.3) is 6.08 Å². The molecule has 0 N–H and O–H groups in total. The Hall–Kier alpha value is -1.32. The number of hydrogen-bond donors (Lipinski definition) is 0. The van der Waals surface area contributed by atoms with Crippen LogP contribution in [0, 0.1) is 0 Å². The average molecular weight is 305 g/mol. The lowest BCUT2D eigenvalue weighted by Crippen LogP contribution is -2.26. The van der Waals surface area contributed by atoms with Gasteiger partial charge in [0.2, 0.25) is 0 Å². The standard InChI is InChI=1S/C14H19N.C5H12O2/c1-2-3-6-11-15-12-7-9-13-8-4-5-10-14(13)15;1-3-7-5-4-6-2/h4-5,7-10H,2-3,6,11-12H2,1H3;3-5H2,1-2H3. The number of methoxy groups -OCH3 is 1. The molecule has 3 heteroatoms. The molecular formula is C19H31NO2. The van der Waals surface area contributed by atoms with Crippen LogP contribution >= 0.6 is 0 Å². The van der Waals surface area contributed by atoms with Crippen LogP contribution in [0.1, 0.15) is 38.7 Å². The molecule has 0 fully saturated rings. The van der Waals surface area contributed by atoms with Gasteiger partial charge in [-0.3, -0.25) is 0 Å². The van der Waals surface area contributed by atoms with Crippen LogP contribution in [-0.2, 0) is 9.47 Å². The Morgan fingerprint density at radius 3 is 2.64 bits per heavy atom. The maximum Gasteiger partial charge on any atom is 0.0700 e. The Bertz CT molecular complexity index is 414. The highest BCUT2D eigenvalue weighted by Crippen LogP contribution is 2.25. The monoisotopic (exact) mass is 305 g/mol. The summed E-state index contributed by atoms with van der Waals surface area (Å²) in [6.07, 6.45) is 8.42. The van der Waals surface area contributed by atoms with E-state index in [1.807, 2.05) is 6.92 Å². The topological polar surface area (TPSA) is 21.7 Å². The molecule has 0 atom stereocenters. The van der Waals surface area contributed by atoms with Crippen molar-refractivity contribution in [1.29, 1.82) is 0 Å². The molecular weight excluding hydrogens is 274 g/mol. The zero-order valence-electron chi connectivity index (χ0n) is 14.4. The minimum atomic E-state index is 0.702. The number of benzene rings is 1. The molecule has 124 valence electrons. The van der Waals surface area contributed by atoms with Gasteiger partial charge in [0.15, 0.2) is 0 Å². The zero-order chi connectivity index (χ0) is 16.0. The maximum atomic E-state index is 4.95. The van der Waals surface area contributed by atoms with Crippen molar-refractivity contribution in [3.63, 3.8) is 0 Å².